The monoisotopic (exact) mass is 248 g/mol. The number of benzene rings is 1. The Balaban J connectivity index is 1.92. The lowest BCUT2D eigenvalue weighted by Crippen LogP contribution is -2.57. The highest BCUT2D eigenvalue weighted by atomic mass is 16.3. The molecule has 1 fully saturated rings. The fourth-order valence-electron chi connectivity index (χ4n) is 2.29. The predicted molar refractivity (Wildman–Crippen MR) is 70.2 cm³/mol. The SMILES string of the molecule is CN1CCN(CCc2ccccc2)C(=O)C1CO. The van der Waals surface area contributed by atoms with Crippen molar-refractivity contribution >= 4 is 5.91 Å². The van der Waals surface area contributed by atoms with Crippen LogP contribution in [0.2, 0.25) is 0 Å². The maximum atomic E-state index is 12.1. The molecule has 1 aliphatic heterocycles. The number of aliphatic hydroxyl groups excluding tert-OH is 1. The molecule has 0 bridgehead atoms. The lowest BCUT2D eigenvalue weighted by atomic mass is 10.1. The molecule has 4 heteroatoms. The summed E-state index contributed by atoms with van der Waals surface area (Å²) in [4.78, 5) is 15.9. The third kappa shape index (κ3) is 2.89. The Morgan fingerprint density at radius 2 is 2.00 bits per heavy atom. The molecule has 2 rings (SSSR count). The minimum absolute atomic E-state index is 0.0437. The van der Waals surface area contributed by atoms with E-state index in [-0.39, 0.29) is 18.6 Å². The van der Waals surface area contributed by atoms with E-state index in [0.29, 0.717) is 0 Å². The molecule has 1 saturated heterocycles. The van der Waals surface area contributed by atoms with Crippen molar-refractivity contribution in [3.8, 4) is 0 Å². The summed E-state index contributed by atoms with van der Waals surface area (Å²) >= 11 is 0. The van der Waals surface area contributed by atoms with Gasteiger partial charge in [-0.3, -0.25) is 9.69 Å². The van der Waals surface area contributed by atoms with E-state index in [0.717, 1.165) is 26.1 Å². The Hall–Kier alpha value is -1.39. The molecule has 1 aliphatic rings. The number of carbonyl (C=O) groups is 1. The molecule has 1 amide bonds. The van der Waals surface area contributed by atoms with Gasteiger partial charge in [-0.15, -0.1) is 0 Å². The van der Waals surface area contributed by atoms with Gasteiger partial charge in [0.05, 0.1) is 6.61 Å². The minimum Gasteiger partial charge on any atom is -0.394 e. The average molecular weight is 248 g/mol. The van der Waals surface area contributed by atoms with E-state index in [1.165, 1.54) is 5.56 Å². The van der Waals surface area contributed by atoms with Gasteiger partial charge in [-0.2, -0.15) is 0 Å². The number of hydrogen-bond donors (Lipinski definition) is 1. The van der Waals surface area contributed by atoms with Crippen molar-refractivity contribution in [2.75, 3.05) is 33.3 Å². The highest BCUT2D eigenvalue weighted by Crippen LogP contribution is 2.10. The third-order valence-electron chi connectivity index (χ3n) is 3.54. The van der Waals surface area contributed by atoms with Crippen molar-refractivity contribution in [3.05, 3.63) is 35.9 Å². The van der Waals surface area contributed by atoms with Crippen LogP contribution in [0.15, 0.2) is 30.3 Å². The lowest BCUT2D eigenvalue weighted by Gasteiger charge is -2.37. The largest absolute Gasteiger partial charge is 0.394 e. The van der Waals surface area contributed by atoms with Crippen LogP contribution in [-0.2, 0) is 11.2 Å². The van der Waals surface area contributed by atoms with Crippen LogP contribution >= 0.6 is 0 Å². The van der Waals surface area contributed by atoms with Crippen LogP contribution in [0, 0.1) is 0 Å². The van der Waals surface area contributed by atoms with E-state index in [2.05, 4.69) is 12.1 Å². The van der Waals surface area contributed by atoms with Crippen LogP contribution in [0.1, 0.15) is 5.56 Å². The van der Waals surface area contributed by atoms with Gasteiger partial charge in [0, 0.05) is 19.6 Å². The highest BCUT2D eigenvalue weighted by Gasteiger charge is 2.31. The Kier molecular flexibility index (Phi) is 4.33. The fourth-order valence-corrected chi connectivity index (χ4v) is 2.29. The second-order valence-corrected chi connectivity index (χ2v) is 4.74. The first-order valence-corrected chi connectivity index (χ1v) is 6.36. The Morgan fingerprint density at radius 3 is 2.67 bits per heavy atom. The molecular weight excluding hydrogens is 228 g/mol. The number of likely N-dealkylation sites (N-methyl/N-ethyl adjacent to an activating group) is 1. The number of carbonyl (C=O) groups excluding carboxylic acids is 1. The molecule has 0 aromatic heterocycles. The lowest BCUT2D eigenvalue weighted by molar-refractivity contribution is -0.142. The summed E-state index contributed by atoms with van der Waals surface area (Å²) in [6.07, 6.45) is 0.869. The molecule has 0 radical (unpaired) electrons. The summed E-state index contributed by atoms with van der Waals surface area (Å²) in [7, 11) is 1.88. The standard InChI is InChI=1S/C14H20N2O2/c1-15-9-10-16(14(18)13(15)11-17)8-7-12-5-3-2-4-6-12/h2-6,13,17H,7-11H2,1H3. The predicted octanol–water partition coefficient (Wildman–Crippen LogP) is 0.364. The number of hydrogen-bond acceptors (Lipinski definition) is 3. The topological polar surface area (TPSA) is 43.8 Å². The molecule has 1 aromatic carbocycles. The second-order valence-electron chi connectivity index (χ2n) is 4.74. The summed E-state index contributed by atoms with van der Waals surface area (Å²) in [5.41, 5.74) is 1.24. The van der Waals surface area contributed by atoms with Crippen LogP contribution in [0.5, 0.6) is 0 Å². The average Bonchev–Trinajstić information content (AvgIpc) is 2.40. The first kappa shape index (κ1) is 13.1. The molecule has 4 nitrogen and oxygen atoms in total. The molecule has 0 saturated carbocycles. The number of nitrogens with zero attached hydrogens (tertiary/aromatic N) is 2. The van der Waals surface area contributed by atoms with Crippen LogP contribution in [0.3, 0.4) is 0 Å². The van der Waals surface area contributed by atoms with Gasteiger partial charge in [0.2, 0.25) is 5.91 Å². The van der Waals surface area contributed by atoms with Crippen LogP contribution in [-0.4, -0.2) is 60.1 Å². The van der Waals surface area contributed by atoms with Crippen molar-refractivity contribution in [2.24, 2.45) is 0 Å². The summed E-state index contributed by atoms with van der Waals surface area (Å²) in [6, 6.07) is 9.80. The van der Waals surface area contributed by atoms with Crippen molar-refractivity contribution in [1.82, 2.24) is 9.80 Å². The van der Waals surface area contributed by atoms with Crippen LogP contribution in [0.25, 0.3) is 0 Å². The smallest absolute Gasteiger partial charge is 0.242 e. The molecule has 1 unspecified atom stereocenters. The third-order valence-corrected chi connectivity index (χ3v) is 3.54. The Labute approximate surface area is 108 Å². The zero-order valence-electron chi connectivity index (χ0n) is 10.7. The van der Waals surface area contributed by atoms with Crippen molar-refractivity contribution in [2.45, 2.75) is 12.5 Å². The van der Waals surface area contributed by atoms with Crippen LogP contribution in [0.4, 0.5) is 0 Å². The van der Waals surface area contributed by atoms with Gasteiger partial charge < -0.3 is 10.0 Å². The normalized spacial score (nSPS) is 21.3. The van der Waals surface area contributed by atoms with Gasteiger partial charge in [-0.25, -0.2) is 0 Å². The van der Waals surface area contributed by atoms with Gasteiger partial charge >= 0.3 is 0 Å². The molecule has 18 heavy (non-hydrogen) atoms. The zero-order chi connectivity index (χ0) is 13.0. The van der Waals surface area contributed by atoms with Crippen molar-refractivity contribution < 1.29 is 9.90 Å². The van der Waals surface area contributed by atoms with E-state index >= 15 is 0 Å². The van der Waals surface area contributed by atoms with Crippen LogP contribution < -0.4 is 0 Å². The molecule has 1 aromatic rings. The molecule has 0 aliphatic carbocycles. The molecule has 1 heterocycles. The zero-order valence-corrected chi connectivity index (χ0v) is 10.7. The minimum atomic E-state index is -0.366. The maximum absolute atomic E-state index is 12.1. The first-order chi connectivity index (χ1) is 8.72. The number of amides is 1. The van der Waals surface area contributed by atoms with Crippen molar-refractivity contribution in [1.29, 1.82) is 0 Å². The fraction of sp³-hybridized carbons (Fsp3) is 0.500. The molecule has 98 valence electrons. The van der Waals surface area contributed by atoms with Gasteiger partial charge in [0.1, 0.15) is 6.04 Å². The summed E-state index contributed by atoms with van der Waals surface area (Å²) < 4.78 is 0. The molecule has 1 atom stereocenters. The molecular formula is C14H20N2O2. The summed E-state index contributed by atoms with van der Waals surface area (Å²) in [5.74, 6) is 0.0437. The van der Waals surface area contributed by atoms with Gasteiger partial charge in [-0.1, -0.05) is 30.3 Å². The Morgan fingerprint density at radius 1 is 1.28 bits per heavy atom. The number of aliphatic hydroxyl groups is 1. The second kappa shape index (κ2) is 5.98. The number of rotatable bonds is 4. The quantitative estimate of drug-likeness (QED) is 0.837. The number of piperazine rings is 1. The highest BCUT2D eigenvalue weighted by molar-refractivity contribution is 5.82. The van der Waals surface area contributed by atoms with Gasteiger partial charge in [0.15, 0.2) is 0 Å². The summed E-state index contributed by atoms with van der Waals surface area (Å²) in [5, 5.41) is 9.25. The van der Waals surface area contributed by atoms with E-state index in [4.69, 9.17) is 0 Å². The van der Waals surface area contributed by atoms with E-state index in [9.17, 15) is 9.90 Å². The molecule has 1 N–H and O–H groups in total. The van der Waals surface area contributed by atoms with Gasteiger partial charge in [0.25, 0.3) is 0 Å². The Bertz CT molecular complexity index is 394. The van der Waals surface area contributed by atoms with E-state index in [1.807, 2.05) is 35.0 Å². The first-order valence-electron chi connectivity index (χ1n) is 6.36. The maximum Gasteiger partial charge on any atom is 0.242 e. The summed E-state index contributed by atoms with van der Waals surface area (Å²) in [6.45, 7) is 2.20. The van der Waals surface area contributed by atoms with Crippen molar-refractivity contribution in [3.63, 3.8) is 0 Å². The van der Waals surface area contributed by atoms with Gasteiger partial charge in [-0.05, 0) is 19.0 Å². The molecule has 0 spiro atoms. The van der Waals surface area contributed by atoms with E-state index in [1.54, 1.807) is 0 Å². The van der Waals surface area contributed by atoms with E-state index < -0.39 is 0 Å².